The minimum absolute atomic E-state index is 0.210. The lowest BCUT2D eigenvalue weighted by molar-refractivity contribution is -0.111. The number of hydrogen-bond donors (Lipinski definition) is 1. The zero-order valence-electron chi connectivity index (χ0n) is 17.7. The topological polar surface area (TPSA) is 92.3 Å². The van der Waals surface area contributed by atoms with E-state index >= 15 is 0 Å². The summed E-state index contributed by atoms with van der Waals surface area (Å²) in [6.07, 6.45) is 3.56. The van der Waals surface area contributed by atoms with Crippen LogP contribution in [0.15, 0.2) is 54.6 Å². The fourth-order valence-corrected chi connectivity index (χ4v) is 4.10. The zero-order valence-corrected chi connectivity index (χ0v) is 18.6. The minimum atomic E-state index is -0.305. The predicted molar refractivity (Wildman–Crippen MR) is 124 cm³/mol. The average Bonchev–Trinajstić information content (AvgIpc) is 3.33. The van der Waals surface area contributed by atoms with Crippen LogP contribution in [0.2, 0.25) is 0 Å². The molecule has 0 spiro atoms. The Balaban J connectivity index is 1.31. The number of aromatic nitrogens is 2. The number of benzene rings is 2. The number of amides is 3. The van der Waals surface area contributed by atoms with Crippen molar-refractivity contribution in [2.24, 2.45) is 0 Å². The fourth-order valence-electron chi connectivity index (χ4n) is 3.37. The van der Waals surface area contributed by atoms with Gasteiger partial charge in [0.1, 0.15) is 5.01 Å². The Bertz CT molecular complexity index is 1160. The SMILES string of the molecule is CC(C)c1ccc(/C=C/C(=O)Nc2nnc(CCN3C(=O)c4ccccc4C3=O)s2)cc1. The summed E-state index contributed by atoms with van der Waals surface area (Å²) < 4.78 is 0. The molecule has 0 radical (unpaired) electrons. The van der Waals surface area contributed by atoms with E-state index in [0.29, 0.717) is 33.6 Å². The van der Waals surface area contributed by atoms with Gasteiger partial charge in [0.05, 0.1) is 11.1 Å². The van der Waals surface area contributed by atoms with Crippen LogP contribution in [0.4, 0.5) is 5.13 Å². The molecule has 32 heavy (non-hydrogen) atoms. The van der Waals surface area contributed by atoms with Gasteiger partial charge in [0.25, 0.3) is 11.8 Å². The molecule has 1 N–H and O–H groups in total. The highest BCUT2D eigenvalue weighted by Gasteiger charge is 2.34. The lowest BCUT2D eigenvalue weighted by Gasteiger charge is -2.11. The summed E-state index contributed by atoms with van der Waals surface area (Å²) in [4.78, 5) is 38.3. The summed E-state index contributed by atoms with van der Waals surface area (Å²) in [5.41, 5.74) is 3.03. The summed E-state index contributed by atoms with van der Waals surface area (Å²) in [5, 5.41) is 11.7. The van der Waals surface area contributed by atoms with Crippen LogP contribution in [0.25, 0.3) is 6.08 Å². The second kappa shape index (κ2) is 9.23. The van der Waals surface area contributed by atoms with Crippen molar-refractivity contribution in [2.75, 3.05) is 11.9 Å². The van der Waals surface area contributed by atoms with E-state index in [0.717, 1.165) is 5.56 Å². The highest BCUT2D eigenvalue weighted by molar-refractivity contribution is 7.15. The molecule has 7 nitrogen and oxygen atoms in total. The van der Waals surface area contributed by atoms with Crippen LogP contribution in [0.1, 0.15) is 56.6 Å². The summed E-state index contributed by atoms with van der Waals surface area (Å²) in [5.74, 6) is -0.439. The predicted octanol–water partition coefficient (Wildman–Crippen LogP) is 4.15. The molecule has 3 aromatic rings. The Labute approximate surface area is 189 Å². The number of nitrogens with zero attached hydrogens (tertiary/aromatic N) is 3. The van der Waals surface area contributed by atoms with Gasteiger partial charge in [-0.1, -0.05) is 61.6 Å². The van der Waals surface area contributed by atoms with E-state index in [-0.39, 0.29) is 24.3 Å². The maximum atomic E-state index is 12.4. The molecular weight excluding hydrogens is 424 g/mol. The van der Waals surface area contributed by atoms with Crippen molar-refractivity contribution in [2.45, 2.75) is 26.2 Å². The number of imide groups is 1. The summed E-state index contributed by atoms with van der Waals surface area (Å²) >= 11 is 1.22. The van der Waals surface area contributed by atoms with Crippen LogP contribution < -0.4 is 5.32 Å². The van der Waals surface area contributed by atoms with Gasteiger partial charge in [-0.15, -0.1) is 10.2 Å². The van der Waals surface area contributed by atoms with Crippen molar-refractivity contribution in [3.63, 3.8) is 0 Å². The van der Waals surface area contributed by atoms with Crippen LogP contribution in [-0.2, 0) is 11.2 Å². The third-order valence-electron chi connectivity index (χ3n) is 5.15. The monoisotopic (exact) mass is 446 g/mol. The van der Waals surface area contributed by atoms with Crippen molar-refractivity contribution in [3.05, 3.63) is 81.9 Å². The molecule has 0 aliphatic carbocycles. The average molecular weight is 447 g/mol. The largest absolute Gasteiger partial charge is 0.297 e. The summed E-state index contributed by atoms with van der Waals surface area (Å²) in [7, 11) is 0. The van der Waals surface area contributed by atoms with E-state index in [1.807, 2.05) is 24.3 Å². The Kier molecular flexibility index (Phi) is 6.23. The minimum Gasteiger partial charge on any atom is -0.297 e. The van der Waals surface area contributed by atoms with Crippen molar-refractivity contribution >= 4 is 40.3 Å². The number of carbonyl (C=O) groups is 3. The molecule has 8 heteroatoms. The first-order chi connectivity index (χ1) is 15.4. The number of nitrogens with one attached hydrogen (secondary N) is 1. The third-order valence-corrected chi connectivity index (χ3v) is 6.05. The fraction of sp³-hybridized carbons (Fsp3) is 0.208. The van der Waals surface area contributed by atoms with Crippen molar-refractivity contribution in [1.82, 2.24) is 15.1 Å². The van der Waals surface area contributed by atoms with Gasteiger partial charge in [-0.05, 0) is 35.3 Å². The van der Waals surface area contributed by atoms with Gasteiger partial charge in [0.2, 0.25) is 11.0 Å². The van der Waals surface area contributed by atoms with Crippen LogP contribution in [0.5, 0.6) is 0 Å². The number of carbonyl (C=O) groups excluding carboxylic acids is 3. The van der Waals surface area contributed by atoms with E-state index in [4.69, 9.17) is 0 Å². The second-order valence-corrected chi connectivity index (χ2v) is 8.76. The summed E-state index contributed by atoms with van der Waals surface area (Å²) in [6, 6.07) is 14.8. The Morgan fingerprint density at radius 2 is 1.69 bits per heavy atom. The molecule has 162 valence electrons. The first-order valence-electron chi connectivity index (χ1n) is 10.3. The lowest BCUT2D eigenvalue weighted by atomic mass is 10.0. The Hall–Kier alpha value is -3.65. The molecule has 2 aromatic carbocycles. The second-order valence-electron chi connectivity index (χ2n) is 7.70. The van der Waals surface area contributed by atoms with Crippen LogP contribution >= 0.6 is 11.3 Å². The molecule has 0 fully saturated rings. The van der Waals surface area contributed by atoms with Crippen LogP contribution in [0.3, 0.4) is 0 Å². The van der Waals surface area contributed by atoms with Crippen molar-refractivity contribution in [1.29, 1.82) is 0 Å². The molecule has 1 aliphatic heterocycles. The molecule has 0 unspecified atom stereocenters. The van der Waals surface area contributed by atoms with Crippen molar-refractivity contribution in [3.8, 4) is 0 Å². The van der Waals surface area contributed by atoms with Gasteiger partial charge in [0, 0.05) is 19.0 Å². The third kappa shape index (κ3) is 4.65. The van der Waals surface area contributed by atoms with Crippen molar-refractivity contribution < 1.29 is 14.4 Å². The smallest absolute Gasteiger partial charge is 0.261 e. The summed E-state index contributed by atoms with van der Waals surface area (Å²) in [6.45, 7) is 4.48. The lowest BCUT2D eigenvalue weighted by Crippen LogP contribution is -2.31. The Morgan fingerprint density at radius 1 is 1.03 bits per heavy atom. The van der Waals surface area contributed by atoms with E-state index in [9.17, 15) is 14.4 Å². The normalized spacial score (nSPS) is 13.3. The number of rotatable bonds is 7. The molecule has 1 aliphatic rings. The van der Waals surface area contributed by atoms with Gasteiger partial charge < -0.3 is 0 Å². The van der Waals surface area contributed by atoms with Gasteiger partial charge in [0.15, 0.2) is 0 Å². The molecule has 4 rings (SSSR count). The molecule has 0 bridgehead atoms. The van der Waals surface area contributed by atoms with Gasteiger partial charge in [-0.25, -0.2) is 0 Å². The Morgan fingerprint density at radius 3 is 2.31 bits per heavy atom. The van der Waals surface area contributed by atoms with E-state index in [1.165, 1.54) is 27.9 Å². The van der Waals surface area contributed by atoms with Crippen LogP contribution in [-0.4, -0.2) is 39.4 Å². The molecule has 0 saturated carbocycles. The highest BCUT2D eigenvalue weighted by atomic mass is 32.1. The molecule has 0 atom stereocenters. The quantitative estimate of drug-likeness (QED) is 0.435. The van der Waals surface area contributed by atoms with E-state index in [2.05, 4.69) is 29.4 Å². The number of fused-ring (bicyclic) bond motifs is 1. The van der Waals surface area contributed by atoms with E-state index in [1.54, 1.807) is 30.3 Å². The van der Waals surface area contributed by atoms with Gasteiger partial charge in [-0.2, -0.15) is 0 Å². The number of anilines is 1. The van der Waals surface area contributed by atoms with E-state index < -0.39 is 0 Å². The first kappa shape index (κ1) is 21.6. The van der Waals surface area contributed by atoms with Crippen LogP contribution in [0, 0.1) is 0 Å². The molecule has 1 aromatic heterocycles. The molecule has 3 amide bonds. The molecule has 0 saturated heterocycles. The molecule has 2 heterocycles. The number of hydrogen-bond acceptors (Lipinski definition) is 6. The molecular formula is C24H22N4O3S. The maximum absolute atomic E-state index is 12.4. The highest BCUT2D eigenvalue weighted by Crippen LogP contribution is 2.23. The van der Waals surface area contributed by atoms with Gasteiger partial charge >= 0.3 is 0 Å². The first-order valence-corrected chi connectivity index (χ1v) is 11.1. The standard InChI is InChI=1S/C24H22N4O3S/c1-15(2)17-10-7-16(8-11-17)9-12-20(29)25-24-27-26-21(32-24)13-14-28-22(30)18-5-3-4-6-19(18)23(28)31/h3-12,15H,13-14H2,1-2H3,(H,25,27,29)/b12-9+. The van der Waals surface area contributed by atoms with Gasteiger partial charge in [-0.3, -0.25) is 24.6 Å². The zero-order chi connectivity index (χ0) is 22.7. The maximum Gasteiger partial charge on any atom is 0.261 e.